The third-order valence-corrected chi connectivity index (χ3v) is 4.19. The van der Waals surface area contributed by atoms with Gasteiger partial charge < -0.3 is 11.1 Å². The maximum atomic E-state index is 11.7. The zero-order valence-electron chi connectivity index (χ0n) is 9.52. The van der Waals surface area contributed by atoms with Gasteiger partial charge in [-0.3, -0.25) is 9.69 Å². The second kappa shape index (κ2) is 6.23. The van der Waals surface area contributed by atoms with Gasteiger partial charge in [-0.2, -0.15) is 11.8 Å². The first-order valence-electron chi connectivity index (χ1n) is 5.55. The van der Waals surface area contributed by atoms with Gasteiger partial charge in [0.15, 0.2) is 5.13 Å². The van der Waals surface area contributed by atoms with Gasteiger partial charge in [-0.25, -0.2) is 4.98 Å². The van der Waals surface area contributed by atoms with E-state index >= 15 is 0 Å². The Bertz CT molecular complexity index is 376. The molecule has 1 aliphatic heterocycles. The highest BCUT2D eigenvalue weighted by atomic mass is 32.2. The summed E-state index contributed by atoms with van der Waals surface area (Å²) in [6.45, 7) is 3.81. The molecule has 7 heteroatoms. The second-order valence-electron chi connectivity index (χ2n) is 3.78. The number of thioether (sulfide) groups is 1. The van der Waals surface area contributed by atoms with Crippen molar-refractivity contribution in [1.82, 2.24) is 15.2 Å². The van der Waals surface area contributed by atoms with Crippen LogP contribution >= 0.6 is 23.1 Å². The highest BCUT2D eigenvalue weighted by Crippen LogP contribution is 2.10. The van der Waals surface area contributed by atoms with Crippen LogP contribution in [0.2, 0.25) is 0 Å². The van der Waals surface area contributed by atoms with Crippen LogP contribution < -0.4 is 11.1 Å². The van der Waals surface area contributed by atoms with E-state index in [-0.39, 0.29) is 5.91 Å². The Morgan fingerprint density at radius 3 is 2.94 bits per heavy atom. The van der Waals surface area contributed by atoms with E-state index in [2.05, 4.69) is 15.2 Å². The molecule has 2 heterocycles. The Morgan fingerprint density at radius 1 is 1.53 bits per heavy atom. The summed E-state index contributed by atoms with van der Waals surface area (Å²) < 4.78 is 0. The molecule has 0 saturated carbocycles. The Morgan fingerprint density at radius 2 is 2.29 bits per heavy atom. The molecule has 2 rings (SSSR count). The minimum absolute atomic E-state index is 0.135. The normalized spacial score (nSPS) is 16.9. The van der Waals surface area contributed by atoms with E-state index in [4.69, 9.17) is 5.73 Å². The van der Waals surface area contributed by atoms with Gasteiger partial charge in [0, 0.05) is 43.1 Å². The number of carbonyl (C=O) groups is 1. The van der Waals surface area contributed by atoms with Gasteiger partial charge in [-0.15, -0.1) is 11.3 Å². The number of nitrogens with zero attached hydrogens (tertiary/aromatic N) is 2. The number of aromatic nitrogens is 1. The van der Waals surface area contributed by atoms with Crippen LogP contribution in [0.15, 0.2) is 5.38 Å². The fraction of sp³-hybridized carbons (Fsp3) is 0.600. The molecule has 1 amide bonds. The predicted octanol–water partition coefficient (Wildman–Crippen LogP) is 0.504. The molecule has 1 aromatic heterocycles. The Labute approximate surface area is 109 Å². The Balaban J connectivity index is 1.69. The van der Waals surface area contributed by atoms with E-state index in [1.165, 1.54) is 22.8 Å². The van der Waals surface area contributed by atoms with E-state index < -0.39 is 0 Å². The summed E-state index contributed by atoms with van der Waals surface area (Å²) in [5.74, 6) is 2.25. The van der Waals surface area contributed by atoms with E-state index in [1.807, 2.05) is 11.8 Å². The van der Waals surface area contributed by atoms with Gasteiger partial charge in [-0.05, 0) is 0 Å². The van der Waals surface area contributed by atoms with Crippen molar-refractivity contribution in [1.29, 1.82) is 0 Å². The van der Waals surface area contributed by atoms with Crippen molar-refractivity contribution in [2.24, 2.45) is 0 Å². The van der Waals surface area contributed by atoms with Crippen LogP contribution in [0.1, 0.15) is 10.5 Å². The lowest BCUT2D eigenvalue weighted by molar-refractivity contribution is 0.0944. The van der Waals surface area contributed by atoms with Gasteiger partial charge in [0.05, 0.1) is 0 Å². The molecule has 94 valence electrons. The fourth-order valence-electron chi connectivity index (χ4n) is 1.63. The van der Waals surface area contributed by atoms with Crippen molar-refractivity contribution in [3.63, 3.8) is 0 Å². The van der Waals surface area contributed by atoms with Crippen LogP contribution in [-0.2, 0) is 0 Å². The van der Waals surface area contributed by atoms with Crippen molar-refractivity contribution < 1.29 is 4.79 Å². The summed E-state index contributed by atoms with van der Waals surface area (Å²) in [5.41, 5.74) is 5.90. The van der Waals surface area contributed by atoms with Crippen LogP contribution in [0.4, 0.5) is 5.13 Å². The number of nitrogens with one attached hydrogen (secondary N) is 1. The summed E-state index contributed by atoms with van der Waals surface area (Å²) in [4.78, 5) is 18.0. The first-order chi connectivity index (χ1) is 8.25. The maximum absolute atomic E-state index is 11.7. The molecule has 3 N–H and O–H groups in total. The van der Waals surface area contributed by atoms with Gasteiger partial charge in [-0.1, -0.05) is 0 Å². The molecule has 1 aromatic rings. The minimum Gasteiger partial charge on any atom is -0.375 e. The fourth-order valence-corrected chi connectivity index (χ4v) is 3.16. The van der Waals surface area contributed by atoms with Gasteiger partial charge in [0.25, 0.3) is 5.91 Å². The molecule has 0 radical (unpaired) electrons. The monoisotopic (exact) mass is 272 g/mol. The van der Waals surface area contributed by atoms with Crippen LogP contribution in [0, 0.1) is 0 Å². The van der Waals surface area contributed by atoms with Crippen LogP contribution in [0.3, 0.4) is 0 Å². The number of hydrogen-bond donors (Lipinski definition) is 2. The number of nitrogen functional groups attached to an aromatic ring is 1. The average molecular weight is 272 g/mol. The molecule has 1 saturated heterocycles. The Hall–Kier alpha value is -0.790. The topological polar surface area (TPSA) is 71.2 Å². The predicted molar refractivity (Wildman–Crippen MR) is 72.6 cm³/mol. The zero-order valence-corrected chi connectivity index (χ0v) is 11.1. The summed E-state index contributed by atoms with van der Waals surface area (Å²) in [6, 6.07) is 0. The molecule has 5 nitrogen and oxygen atoms in total. The van der Waals surface area contributed by atoms with Crippen molar-refractivity contribution in [2.45, 2.75) is 0 Å². The Kier molecular flexibility index (Phi) is 4.64. The second-order valence-corrected chi connectivity index (χ2v) is 5.90. The number of anilines is 1. The van der Waals surface area contributed by atoms with Crippen LogP contribution in [-0.4, -0.2) is 53.5 Å². The van der Waals surface area contributed by atoms with Crippen molar-refractivity contribution in [3.8, 4) is 0 Å². The standard InChI is InChI=1S/C10H16N4OS2/c11-10-13-8(7-17-10)9(15)12-1-2-14-3-5-16-6-4-14/h7H,1-6H2,(H2,11,13)(H,12,15). The highest BCUT2D eigenvalue weighted by Gasteiger charge is 2.12. The molecular formula is C10H16N4OS2. The molecular weight excluding hydrogens is 256 g/mol. The van der Waals surface area contributed by atoms with E-state index in [0.29, 0.717) is 17.4 Å². The number of nitrogens with two attached hydrogens (primary N) is 1. The van der Waals surface area contributed by atoms with E-state index in [0.717, 1.165) is 19.6 Å². The third-order valence-electron chi connectivity index (χ3n) is 2.57. The quantitative estimate of drug-likeness (QED) is 0.835. The molecule has 0 atom stereocenters. The molecule has 0 unspecified atom stereocenters. The SMILES string of the molecule is Nc1nc(C(=O)NCCN2CCSCC2)cs1. The maximum Gasteiger partial charge on any atom is 0.270 e. The zero-order chi connectivity index (χ0) is 12.1. The molecule has 1 fully saturated rings. The third kappa shape index (κ3) is 3.86. The summed E-state index contributed by atoms with van der Waals surface area (Å²) in [6.07, 6.45) is 0. The first kappa shape index (κ1) is 12.7. The average Bonchev–Trinajstić information content (AvgIpc) is 2.77. The lowest BCUT2D eigenvalue weighted by Gasteiger charge is -2.25. The molecule has 0 spiro atoms. The summed E-state index contributed by atoms with van der Waals surface area (Å²) in [5, 5.41) is 4.98. The molecule has 0 bridgehead atoms. The van der Waals surface area contributed by atoms with Crippen molar-refractivity contribution in [3.05, 3.63) is 11.1 Å². The summed E-state index contributed by atoms with van der Waals surface area (Å²) in [7, 11) is 0. The van der Waals surface area contributed by atoms with E-state index in [1.54, 1.807) is 5.38 Å². The minimum atomic E-state index is -0.135. The molecule has 0 aromatic carbocycles. The number of amides is 1. The summed E-state index contributed by atoms with van der Waals surface area (Å²) >= 11 is 3.27. The van der Waals surface area contributed by atoms with Gasteiger partial charge in [0.2, 0.25) is 0 Å². The van der Waals surface area contributed by atoms with Crippen molar-refractivity contribution in [2.75, 3.05) is 43.4 Å². The lowest BCUT2D eigenvalue weighted by Crippen LogP contribution is -2.39. The number of thiazole rings is 1. The number of hydrogen-bond acceptors (Lipinski definition) is 6. The number of rotatable bonds is 4. The largest absolute Gasteiger partial charge is 0.375 e. The number of carbonyl (C=O) groups excluding carboxylic acids is 1. The first-order valence-corrected chi connectivity index (χ1v) is 7.58. The molecule has 1 aliphatic rings. The van der Waals surface area contributed by atoms with Gasteiger partial charge >= 0.3 is 0 Å². The molecule has 0 aliphatic carbocycles. The smallest absolute Gasteiger partial charge is 0.270 e. The lowest BCUT2D eigenvalue weighted by atomic mass is 10.4. The van der Waals surface area contributed by atoms with E-state index in [9.17, 15) is 4.79 Å². The van der Waals surface area contributed by atoms with Crippen LogP contribution in [0.25, 0.3) is 0 Å². The van der Waals surface area contributed by atoms with Gasteiger partial charge in [0.1, 0.15) is 5.69 Å². The van der Waals surface area contributed by atoms with Crippen molar-refractivity contribution >= 4 is 34.1 Å². The van der Waals surface area contributed by atoms with Crippen LogP contribution in [0.5, 0.6) is 0 Å². The highest BCUT2D eigenvalue weighted by molar-refractivity contribution is 7.99. The molecule has 17 heavy (non-hydrogen) atoms.